The fraction of sp³-hybridized carbons (Fsp3) is 0.364. The lowest BCUT2D eigenvalue weighted by Crippen LogP contribution is -2.48. The summed E-state index contributed by atoms with van der Waals surface area (Å²) in [5.74, 6) is 0.912. The van der Waals surface area contributed by atoms with Gasteiger partial charge in [0.25, 0.3) is 5.91 Å². The molecule has 0 unspecified atom stereocenters. The molecule has 1 aliphatic rings. The molecule has 29 heavy (non-hydrogen) atoms. The van der Waals surface area contributed by atoms with E-state index in [1.165, 1.54) is 22.5 Å². The molecule has 1 saturated heterocycles. The van der Waals surface area contributed by atoms with Crippen LogP contribution in [0.15, 0.2) is 41.1 Å². The quantitative estimate of drug-likeness (QED) is 0.586. The van der Waals surface area contributed by atoms with E-state index in [4.69, 9.17) is 4.74 Å². The van der Waals surface area contributed by atoms with Crippen molar-refractivity contribution in [3.8, 4) is 5.75 Å². The van der Waals surface area contributed by atoms with E-state index in [1.54, 1.807) is 11.3 Å². The fourth-order valence-electron chi connectivity index (χ4n) is 3.39. The number of hydrogen-bond acceptors (Lipinski definition) is 6. The number of carbonyl (C=O) groups is 1. The Bertz CT molecular complexity index is 943. The number of benzene rings is 1. The van der Waals surface area contributed by atoms with Gasteiger partial charge in [0.1, 0.15) is 22.2 Å². The van der Waals surface area contributed by atoms with E-state index in [0.29, 0.717) is 6.61 Å². The maximum Gasteiger partial charge on any atom is 0.265 e. The van der Waals surface area contributed by atoms with Gasteiger partial charge in [-0.1, -0.05) is 17.7 Å². The highest BCUT2D eigenvalue weighted by molar-refractivity contribution is 7.13. The topological polar surface area (TPSA) is 45.7 Å². The van der Waals surface area contributed by atoms with E-state index in [-0.39, 0.29) is 5.91 Å². The monoisotopic (exact) mass is 427 g/mol. The number of amides is 1. The molecule has 0 saturated carbocycles. The Labute approximate surface area is 179 Å². The molecule has 7 heteroatoms. The molecule has 1 aromatic carbocycles. The molecular formula is C22H25N3O2S2. The molecule has 4 rings (SSSR count). The fourth-order valence-corrected chi connectivity index (χ4v) is 4.99. The Balaban J connectivity index is 1.32. The normalized spacial score (nSPS) is 14.9. The van der Waals surface area contributed by atoms with Crippen LogP contribution in [0.2, 0.25) is 0 Å². The van der Waals surface area contributed by atoms with E-state index in [2.05, 4.69) is 26.7 Å². The number of nitrogens with zero attached hydrogens (tertiary/aromatic N) is 3. The summed E-state index contributed by atoms with van der Waals surface area (Å²) >= 11 is 3.18. The molecule has 152 valence electrons. The van der Waals surface area contributed by atoms with Crippen molar-refractivity contribution in [1.82, 2.24) is 14.8 Å². The number of rotatable bonds is 6. The number of aromatic nitrogens is 1. The zero-order valence-electron chi connectivity index (χ0n) is 16.8. The second-order valence-electron chi connectivity index (χ2n) is 7.32. The Kier molecular flexibility index (Phi) is 6.28. The van der Waals surface area contributed by atoms with Crippen LogP contribution in [0.25, 0.3) is 0 Å². The molecule has 1 fully saturated rings. The van der Waals surface area contributed by atoms with Crippen LogP contribution in [0, 0.1) is 13.8 Å². The smallest absolute Gasteiger partial charge is 0.265 e. The first-order chi connectivity index (χ1) is 14.1. The number of thiazole rings is 1. The summed E-state index contributed by atoms with van der Waals surface area (Å²) in [6.45, 7) is 8.64. The van der Waals surface area contributed by atoms with Gasteiger partial charge in [0, 0.05) is 32.7 Å². The number of thiophene rings is 1. The van der Waals surface area contributed by atoms with Crippen molar-refractivity contribution in [2.75, 3.05) is 26.2 Å². The molecule has 1 aliphatic heterocycles. The molecule has 0 N–H and O–H groups in total. The van der Waals surface area contributed by atoms with E-state index in [0.717, 1.165) is 54.1 Å². The minimum atomic E-state index is 0.0942. The molecule has 5 nitrogen and oxygen atoms in total. The van der Waals surface area contributed by atoms with Gasteiger partial charge in [0.05, 0.1) is 5.69 Å². The van der Waals surface area contributed by atoms with Gasteiger partial charge in [0.15, 0.2) is 0 Å². The van der Waals surface area contributed by atoms with E-state index in [1.807, 2.05) is 43.0 Å². The van der Waals surface area contributed by atoms with Crippen molar-refractivity contribution < 1.29 is 9.53 Å². The highest BCUT2D eigenvalue weighted by atomic mass is 32.1. The molecule has 0 aliphatic carbocycles. The average Bonchev–Trinajstić information content (AvgIpc) is 3.37. The third-order valence-corrected chi connectivity index (χ3v) is 6.92. The van der Waals surface area contributed by atoms with Crippen LogP contribution in [-0.4, -0.2) is 46.9 Å². The number of carbonyl (C=O) groups excluding carboxylic acids is 1. The van der Waals surface area contributed by atoms with Crippen molar-refractivity contribution in [1.29, 1.82) is 0 Å². The van der Waals surface area contributed by atoms with E-state index >= 15 is 0 Å². The van der Waals surface area contributed by atoms with Gasteiger partial charge in [-0.05, 0) is 48.4 Å². The van der Waals surface area contributed by atoms with Gasteiger partial charge in [-0.25, -0.2) is 4.98 Å². The standard InChI is InChI=1S/C22H25N3O2S2/c1-16-3-5-19(6-4-16)27-14-20-23-17(2)21(29-20)22(26)25-10-8-24(9-11-25)13-18-7-12-28-15-18/h3-7,12,15H,8-11,13-14H2,1-2H3. The summed E-state index contributed by atoms with van der Waals surface area (Å²) in [5.41, 5.74) is 3.35. The minimum absolute atomic E-state index is 0.0942. The first-order valence-corrected chi connectivity index (χ1v) is 11.5. The van der Waals surface area contributed by atoms with Crippen LogP contribution >= 0.6 is 22.7 Å². The maximum absolute atomic E-state index is 13.0. The summed E-state index contributed by atoms with van der Waals surface area (Å²) in [6, 6.07) is 10.1. The third-order valence-electron chi connectivity index (χ3n) is 5.06. The van der Waals surface area contributed by atoms with Crippen molar-refractivity contribution in [2.45, 2.75) is 27.0 Å². The predicted octanol–water partition coefficient (Wildman–Crippen LogP) is 4.36. The summed E-state index contributed by atoms with van der Waals surface area (Å²) in [7, 11) is 0. The van der Waals surface area contributed by atoms with Crippen LogP contribution in [0.3, 0.4) is 0 Å². The van der Waals surface area contributed by atoms with E-state index < -0.39 is 0 Å². The zero-order chi connectivity index (χ0) is 20.2. The number of hydrogen-bond donors (Lipinski definition) is 0. The summed E-state index contributed by atoms with van der Waals surface area (Å²) in [6.07, 6.45) is 0. The first-order valence-electron chi connectivity index (χ1n) is 9.77. The Morgan fingerprint density at radius 3 is 2.55 bits per heavy atom. The Morgan fingerprint density at radius 2 is 1.86 bits per heavy atom. The van der Waals surface area contributed by atoms with Gasteiger partial charge in [-0.15, -0.1) is 11.3 Å². The molecule has 0 radical (unpaired) electrons. The van der Waals surface area contributed by atoms with Crippen LogP contribution in [0.5, 0.6) is 5.75 Å². The van der Waals surface area contributed by atoms with Crippen LogP contribution < -0.4 is 4.74 Å². The zero-order valence-corrected chi connectivity index (χ0v) is 18.4. The van der Waals surface area contributed by atoms with Crippen molar-refractivity contribution in [3.05, 3.63) is 67.8 Å². The largest absolute Gasteiger partial charge is 0.486 e. The molecule has 3 aromatic rings. The molecular weight excluding hydrogens is 402 g/mol. The lowest BCUT2D eigenvalue weighted by atomic mass is 10.2. The Morgan fingerprint density at radius 1 is 1.10 bits per heavy atom. The van der Waals surface area contributed by atoms with Crippen molar-refractivity contribution in [3.63, 3.8) is 0 Å². The molecule has 0 bridgehead atoms. The maximum atomic E-state index is 13.0. The molecule has 0 atom stereocenters. The second kappa shape index (κ2) is 9.07. The minimum Gasteiger partial charge on any atom is -0.486 e. The highest BCUT2D eigenvalue weighted by Crippen LogP contribution is 2.23. The first kappa shape index (κ1) is 20.1. The molecule has 2 aromatic heterocycles. The predicted molar refractivity (Wildman–Crippen MR) is 118 cm³/mol. The van der Waals surface area contributed by atoms with Crippen LogP contribution in [0.4, 0.5) is 0 Å². The third kappa shape index (κ3) is 5.04. The summed E-state index contributed by atoms with van der Waals surface area (Å²) in [5, 5.41) is 5.14. The van der Waals surface area contributed by atoms with Gasteiger partial charge < -0.3 is 9.64 Å². The van der Waals surface area contributed by atoms with Gasteiger partial charge in [-0.2, -0.15) is 11.3 Å². The lowest BCUT2D eigenvalue weighted by Gasteiger charge is -2.34. The number of aryl methyl sites for hydroxylation is 2. The highest BCUT2D eigenvalue weighted by Gasteiger charge is 2.25. The molecule has 1 amide bonds. The number of ether oxygens (including phenoxy) is 1. The summed E-state index contributed by atoms with van der Waals surface area (Å²) < 4.78 is 5.82. The van der Waals surface area contributed by atoms with Gasteiger partial charge >= 0.3 is 0 Å². The SMILES string of the molecule is Cc1ccc(OCc2nc(C)c(C(=O)N3CCN(Cc4ccsc4)CC3)s2)cc1. The molecule has 3 heterocycles. The second-order valence-corrected chi connectivity index (χ2v) is 9.19. The lowest BCUT2D eigenvalue weighted by molar-refractivity contribution is 0.0632. The van der Waals surface area contributed by atoms with Crippen LogP contribution in [-0.2, 0) is 13.2 Å². The molecule has 0 spiro atoms. The van der Waals surface area contributed by atoms with Crippen molar-refractivity contribution in [2.24, 2.45) is 0 Å². The van der Waals surface area contributed by atoms with Crippen molar-refractivity contribution >= 4 is 28.6 Å². The Hall–Kier alpha value is -2.22. The number of piperazine rings is 1. The van der Waals surface area contributed by atoms with Gasteiger partial charge in [0.2, 0.25) is 0 Å². The van der Waals surface area contributed by atoms with Crippen LogP contribution in [0.1, 0.15) is 31.5 Å². The van der Waals surface area contributed by atoms with E-state index in [9.17, 15) is 4.79 Å². The van der Waals surface area contributed by atoms with Gasteiger partial charge in [-0.3, -0.25) is 9.69 Å². The summed E-state index contributed by atoms with van der Waals surface area (Å²) in [4.78, 5) is 22.7. The average molecular weight is 428 g/mol.